The molecule has 2 heteroatoms. The molecule has 1 rings (SSSR count). The molecule has 0 aromatic heterocycles. The summed E-state index contributed by atoms with van der Waals surface area (Å²) < 4.78 is 1.02. The van der Waals surface area contributed by atoms with Gasteiger partial charge < -0.3 is 0 Å². The van der Waals surface area contributed by atoms with Gasteiger partial charge in [0.25, 0.3) is 0 Å². The van der Waals surface area contributed by atoms with Crippen molar-refractivity contribution < 1.29 is 0 Å². The van der Waals surface area contributed by atoms with Gasteiger partial charge in [-0.05, 0) is 53.4 Å². The van der Waals surface area contributed by atoms with Gasteiger partial charge in [0, 0.05) is 4.47 Å². The molecule has 0 amide bonds. The van der Waals surface area contributed by atoms with Crippen molar-refractivity contribution in [3.05, 3.63) is 32.3 Å². The number of aryl methyl sites for hydroxylation is 2. The van der Waals surface area contributed by atoms with E-state index in [1.165, 1.54) is 11.1 Å². The zero-order valence-electron chi connectivity index (χ0n) is 6.83. The Bertz CT molecular complexity index is 266. The topological polar surface area (TPSA) is 0 Å². The van der Waals surface area contributed by atoms with Crippen LogP contribution < -0.4 is 0 Å². The van der Waals surface area contributed by atoms with Gasteiger partial charge in [0.15, 0.2) is 0 Å². The maximum Gasteiger partial charge on any atom is 0.0580 e. The third-order valence-corrected chi connectivity index (χ3v) is 3.60. The standard InChI is InChI=1S/C9H10BrCl/c1-5-4-6(2)9(11)8(10)7(5)3/h4H,1-3H3. The Balaban J connectivity index is 3.46. The van der Waals surface area contributed by atoms with Crippen molar-refractivity contribution in [2.75, 3.05) is 0 Å². The highest BCUT2D eigenvalue weighted by atomic mass is 79.9. The summed E-state index contributed by atoms with van der Waals surface area (Å²) in [7, 11) is 0. The smallest absolute Gasteiger partial charge is 0.0580 e. The van der Waals surface area contributed by atoms with Crippen molar-refractivity contribution in [3.8, 4) is 0 Å². The lowest BCUT2D eigenvalue weighted by Crippen LogP contribution is -1.86. The minimum Gasteiger partial charge on any atom is -0.0828 e. The van der Waals surface area contributed by atoms with E-state index >= 15 is 0 Å². The molecule has 0 nitrogen and oxygen atoms in total. The van der Waals surface area contributed by atoms with Crippen LogP contribution in [-0.2, 0) is 0 Å². The molecule has 0 aliphatic heterocycles. The average Bonchev–Trinajstić information content (AvgIpc) is 1.97. The largest absolute Gasteiger partial charge is 0.0828 e. The molecule has 1 aromatic rings. The Kier molecular flexibility index (Phi) is 2.61. The fourth-order valence-electron chi connectivity index (χ4n) is 1.01. The second kappa shape index (κ2) is 3.16. The van der Waals surface area contributed by atoms with Crippen LogP contribution in [-0.4, -0.2) is 0 Å². The van der Waals surface area contributed by atoms with Crippen molar-refractivity contribution in [3.63, 3.8) is 0 Å². The first kappa shape index (κ1) is 9.08. The van der Waals surface area contributed by atoms with E-state index in [9.17, 15) is 0 Å². The third-order valence-electron chi connectivity index (χ3n) is 1.89. The van der Waals surface area contributed by atoms with Crippen LogP contribution in [0.5, 0.6) is 0 Å². The first-order valence-corrected chi connectivity index (χ1v) is 4.63. The van der Waals surface area contributed by atoms with Crippen LogP contribution in [0.15, 0.2) is 10.5 Å². The quantitative estimate of drug-likeness (QED) is 0.635. The fourth-order valence-corrected chi connectivity index (χ4v) is 1.83. The summed E-state index contributed by atoms with van der Waals surface area (Å²) in [6, 6.07) is 2.10. The molecule has 0 heterocycles. The Hall–Kier alpha value is -0.0100. The molecule has 0 unspecified atom stereocenters. The van der Waals surface area contributed by atoms with E-state index in [1.807, 2.05) is 6.92 Å². The maximum atomic E-state index is 6.01. The number of hydrogen-bond acceptors (Lipinski definition) is 0. The summed E-state index contributed by atoms with van der Waals surface area (Å²) >= 11 is 9.46. The molecule has 0 spiro atoms. The predicted molar refractivity (Wildman–Crippen MR) is 53.4 cm³/mol. The van der Waals surface area contributed by atoms with Gasteiger partial charge in [-0.15, -0.1) is 0 Å². The molecule has 0 atom stereocenters. The van der Waals surface area contributed by atoms with Crippen molar-refractivity contribution in [1.82, 2.24) is 0 Å². The van der Waals surface area contributed by atoms with Crippen molar-refractivity contribution in [2.24, 2.45) is 0 Å². The van der Waals surface area contributed by atoms with Gasteiger partial charge in [-0.25, -0.2) is 0 Å². The van der Waals surface area contributed by atoms with Crippen LogP contribution in [0.3, 0.4) is 0 Å². The van der Waals surface area contributed by atoms with E-state index in [1.54, 1.807) is 0 Å². The summed E-state index contributed by atoms with van der Waals surface area (Å²) in [5, 5.41) is 0.827. The minimum atomic E-state index is 0.827. The highest BCUT2D eigenvalue weighted by Gasteiger charge is 2.05. The third kappa shape index (κ3) is 1.60. The summed E-state index contributed by atoms with van der Waals surface area (Å²) in [6.45, 7) is 6.16. The zero-order chi connectivity index (χ0) is 8.59. The second-order valence-electron chi connectivity index (χ2n) is 2.76. The first-order valence-electron chi connectivity index (χ1n) is 3.46. The van der Waals surface area contributed by atoms with E-state index in [2.05, 4.69) is 35.8 Å². The van der Waals surface area contributed by atoms with Gasteiger partial charge in [-0.2, -0.15) is 0 Å². The average molecular weight is 234 g/mol. The molecule has 0 aliphatic rings. The van der Waals surface area contributed by atoms with E-state index in [4.69, 9.17) is 11.6 Å². The molecule has 1 aromatic carbocycles. The lowest BCUT2D eigenvalue weighted by Gasteiger charge is -2.07. The molecule has 0 N–H and O–H groups in total. The van der Waals surface area contributed by atoms with Crippen molar-refractivity contribution in [1.29, 1.82) is 0 Å². The van der Waals surface area contributed by atoms with Crippen LogP contribution in [0.2, 0.25) is 5.02 Å². The van der Waals surface area contributed by atoms with Gasteiger partial charge in [0.05, 0.1) is 5.02 Å². The summed E-state index contributed by atoms with van der Waals surface area (Å²) in [5.41, 5.74) is 3.63. The van der Waals surface area contributed by atoms with Gasteiger partial charge in [-0.3, -0.25) is 0 Å². The van der Waals surface area contributed by atoms with E-state index in [0.717, 1.165) is 15.1 Å². The lowest BCUT2D eigenvalue weighted by molar-refractivity contribution is 1.28. The SMILES string of the molecule is Cc1cc(C)c(Cl)c(Br)c1C. The summed E-state index contributed by atoms with van der Waals surface area (Å²) in [6.07, 6.45) is 0. The number of hydrogen-bond donors (Lipinski definition) is 0. The Labute approximate surface area is 80.7 Å². The van der Waals surface area contributed by atoms with Gasteiger partial charge in [0.2, 0.25) is 0 Å². The molecule has 0 radical (unpaired) electrons. The van der Waals surface area contributed by atoms with Crippen molar-refractivity contribution in [2.45, 2.75) is 20.8 Å². The molecule has 0 fully saturated rings. The van der Waals surface area contributed by atoms with Crippen LogP contribution in [0.25, 0.3) is 0 Å². The molecular formula is C9H10BrCl. The highest BCUT2D eigenvalue weighted by molar-refractivity contribution is 9.10. The van der Waals surface area contributed by atoms with Crippen molar-refractivity contribution >= 4 is 27.5 Å². The van der Waals surface area contributed by atoms with E-state index in [0.29, 0.717) is 0 Å². The van der Waals surface area contributed by atoms with Gasteiger partial charge >= 0.3 is 0 Å². The molecular weight excluding hydrogens is 223 g/mol. The first-order chi connectivity index (χ1) is 5.04. The highest BCUT2D eigenvalue weighted by Crippen LogP contribution is 2.31. The summed E-state index contributed by atoms with van der Waals surface area (Å²) in [4.78, 5) is 0. The Morgan fingerprint density at radius 3 is 2.27 bits per heavy atom. The summed E-state index contributed by atoms with van der Waals surface area (Å²) in [5.74, 6) is 0. The molecule has 0 saturated heterocycles. The molecule has 60 valence electrons. The maximum absolute atomic E-state index is 6.01. The van der Waals surface area contributed by atoms with Gasteiger partial charge in [0.1, 0.15) is 0 Å². The predicted octanol–water partition coefficient (Wildman–Crippen LogP) is 4.03. The number of benzene rings is 1. The normalized spacial score (nSPS) is 10.3. The second-order valence-corrected chi connectivity index (χ2v) is 3.93. The Morgan fingerprint density at radius 2 is 1.73 bits per heavy atom. The Morgan fingerprint density at radius 1 is 1.18 bits per heavy atom. The van der Waals surface area contributed by atoms with Crippen LogP contribution >= 0.6 is 27.5 Å². The van der Waals surface area contributed by atoms with Gasteiger partial charge in [-0.1, -0.05) is 17.7 Å². The van der Waals surface area contributed by atoms with E-state index < -0.39 is 0 Å². The monoisotopic (exact) mass is 232 g/mol. The number of rotatable bonds is 0. The van der Waals surface area contributed by atoms with Crippen LogP contribution in [0, 0.1) is 20.8 Å². The molecule has 0 aliphatic carbocycles. The molecule has 0 saturated carbocycles. The van der Waals surface area contributed by atoms with E-state index in [-0.39, 0.29) is 0 Å². The number of halogens is 2. The van der Waals surface area contributed by atoms with Crippen LogP contribution in [0.4, 0.5) is 0 Å². The zero-order valence-corrected chi connectivity index (χ0v) is 9.18. The lowest BCUT2D eigenvalue weighted by atomic mass is 10.1. The minimum absolute atomic E-state index is 0.827. The molecule has 11 heavy (non-hydrogen) atoms. The fraction of sp³-hybridized carbons (Fsp3) is 0.333. The molecule has 0 bridgehead atoms. The van der Waals surface area contributed by atoms with Crippen LogP contribution in [0.1, 0.15) is 16.7 Å².